The average molecular weight is 512 g/mol. The fourth-order valence-electron chi connectivity index (χ4n) is 2.67. The van der Waals surface area contributed by atoms with Gasteiger partial charge in [0.1, 0.15) is 12.4 Å². The van der Waals surface area contributed by atoms with Crippen LogP contribution in [0.2, 0.25) is 0 Å². The summed E-state index contributed by atoms with van der Waals surface area (Å²) in [6.07, 6.45) is 1.86. The van der Waals surface area contributed by atoms with Crippen LogP contribution in [0.15, 0.2) is 88.8 Å². The van der Waals surface area contributed by atoms with Gasteiger partial charge in [0.15, 0.2) is 5.17 Å². The van der Waals surface area contributed by atoms with E-state index in [-0.39, 0.29) is 5.91 Å². The van der Waals surface area contributed by atoms with E-state index in [0.717, 1.165) is 26.1 Å². The minimum absolute atomic E-state index is 0.135. The van der Waals surface area contributed by atoms with Crippen molar-refractivity contribution in [3.63, 3.8) is 0 Å². The van der Waals surface area contributed by atoms with Crippen molar-refractivity contribution < 1.29 is 9.53 Å². The Hall–Kier alpha value is -2.58. The number of halogens is 1. The highest BCUT2D eigenvalue weighted by molar-refractivity contribution is 14.1. The Morgan fingerprint density at radius 3 is 2.41 bits per heavy atom. The van der Waals surface area contributed by atoms with Crippen LogP contribution in [0.1, 0.15) is 11.1 Å². The number of rotatable bonds is 5. The van der Waals surface area contributed by atoms with Gasteiger partial charge < -0.3 is 10.1 Å². The van der Waals surface area contributed by atoms with E-state index < -0.39 is 0 Å². The zero-order valence-corrected chi connectivity index (χ0v) is 18.3. The number of carbonyl (C=O) groups is 1. The number of carbonyl (C=O) groups excluding carboxylic acids is 1. The summed E-state index contributed by atoms with van der Waals surface area (Å²) >= 11 is 3.59. The van der Waals surface area contributed by atoms with Crippen LogP contribution in [0.5, 0.6) is 5.75 Å². The van der Waals surface area contributed by atoms with Crippen LogP contribution in [0.4, 0.5) is 5.69 Å². The molecular formula is C23H17IN2O2S. The highest BCUT2D eigenvalue weighted by atomic mass is 127. The lowest BCUT2D eigenvalue weighted by atomic mass is 10.2. The summed E-state index contributed by atoms with van der Waals surface area (Å²) in [5.74, 6) is 0.657. The Morgan fingerprint density at radius 2 is 1.69 bits per heavy atom. The van der Waals surface area contributed by atoms with Gasteiger partial charge in [-0.3, -0.25) is 4.79 Å². The molecule has 1 aliphatic rings. The Morgan fingerprint density at radius 1 is 0.966 bits per heavy atom. The van der Waals surface area contributed by atoms with Crippen LogP contribution in [0, 0.1) is 3.57 Å². The van der Waals surface area contributed by atoms with E-state index in [4.69, 9.17) is 4.74 Å². The molecule has 3 aromatic carbocycles. The minimum atomic E-state index is -0.135. The maximum absolute atomic E-state index is 12.3. The molecule has 0 unspecified atom stereocenters. The summed E-state index contributed by atoms with van der Waals surface area (Å²) in [6.45, 7) is 0.526. The summed E-state index contributed by atoms with van der Waals surface area (Å²) < 4.78 is 6.95. The van der Waals surface area contributed by atoms with Gasteiger partial charge in [-0.15, -0.1) is 0 Å². The summed E-state index contributed by atoms with van der Waals surface area (Å²) in [4.78, 5) is 17.4. The van der Waals surface area contributed by atoms with Gasteiger partial charge >= 0.3 is 0 Å². The van der Waals surface area contributed by atoms with Crippen molar-refractivity contribution >= 4 is 57.2 Å². The summed E-state index contributed by atoms with van der Waals surface area (Å²) in [6, 6.07) is 25.6. The first-order valence-corrected chi connectivity index (χ1v) is 10.9. The molecule has 1 aliphatic heterocycles. The number of hydrogen-bond acceptors (Lipinski definition) is 4. The first-order chi connectivity index (χ1) is 14.2. The van der Waals surface area contributed by atoms with Crippen LogP contribution < -0.4 is 10.1 Å². The summed E-state index contributed by atoms with van der Waals surface area (Å²) in [5, 5.41) is 3.40. The molecule has 0 atom stereocenters. The van der Waals surface area contributed by atoms with Gasteiger partial charge in [-0.25, -0.2) is 4.99 Å². The highest BCUT2D eigenvalue weighted by Crippen LogP contribution is 2.28. The molecule has 1 saturated heterocycles. The standard InChI is InChI=1S/C23H17IN2O2S/c24-18-8-10-19(11-9-18)25-23-26-22(27)21(29-23)14-16-6-12-20(13-7-16)28-15-17-4-2-1-3-5-17/h1-14H,15H2,(H,25,26,27)/b21-14+. The fourth-order valence-corrected chi connectivity index (χ4v) is 3.87. The third-order valence-electron chi connectivity index (χ3n) is 4.13. The molecule has 1 amide bonds. The predicted molar refractivity (Wildman–Crippen MR) is 127 cm³/mol. The van der Waals surface area contributed by atoms with Crippen molar-refractivity contribution in [1.29, 1.82) is 0 Å². The zero-order chi connectivity index (χ0) is 20.1. The van der Waals surface area contributed by atoms with Crippen LogP contribution in [0.25, 0.3) is 6.08 Å². The molecule has 0 aliphatic carbocycles. The van der Waals surface area contributed by atoms with E-state index in [2.05, 4.69) is 32.9 Å². The molecule has 3 aromatic rings. The molecule has 29 heavy (non-hydrogen) atoms. The number of amidine groups is 1. The van der Waals surface area contributed by atoms with Crippen LogP contribution in [0.3, 0.4) is 0 Å². The Labute approximate surface area is 187 Å². The van der Waals surface area contributed by atoms with Gasteiger partial charge in [-0.1, -0.05) is 42.5 Å². The molecule has 0 radical (unpaired) electrons. The lowest BCUT2D eigenvalue weighted by molar-refractivity contribution is -0.115. The zero-order valence-electron chi connectivity index (χ0n) is 15.3. The maximum Gasteiger partial charge on any atom is 0.264 e. The minimum Gasteiger partial charge on any atom is -0.489 e. The molecule has 0 bridgehead atoms. The second-order valence-electron chi connectivity index (χ2n) is 6.30. The largest absolute Gasteiger partial charge is 0.489 e. The molecule has 0 spiro atoms. The number of nitrogens with one attached hydrogen (secondary N) is 1. The first kappa shape index (κ1) is 19.7. The molecule has 144 valence electrons. The Balaban J connectivity index is 1.41. The first-order valence-electron chi connectivity index (χ1n) is 8.98. The van der Waals surface area contributed by atoms with E-state index in [1.165, 1.54) is 11.8 Å². The van der Waals surface area contributed by atoms with E-state index in [0.29, 0.717) is 16.7 Å². The summed E-state index contributed by atoms with van der Waals surface area (Å²) in [7, 11) is 0. The lowest BCUT2D eigenvalue weighted by Crippen LogP contribution is -2.19. The fraction of sp³-hybridized carbons (Fsp3) is 0.0435. The van der Waals surface area contributed by atoms with Crippen molar-refractivity contribution in [3.05, 3.63) is 98.5 Å². The van der Waals surface area contributed by atoms with Crippen molar-refractivity contribution in [3.8, 4) is 5.75 Å². The number of nitrogens with zero attached hydrogens (tertiary/aromatic N) is 1. The number of aliphatic imine (C=N–C) groups is 1. The highest BCUT2D eigenvalue weighted by Gasteiger charge is 2.23. The molecule has 4 nitrogen and oxygen atoms in total. The van der Waals surface area contributed by atoms with E-state index in [9.17, 15) is 4.79 Å². The van der Waals surface area contributed by atoms with Gasteiger partial charge in [-0.2, -0.15) is 0 Å². The quantitative estimate of drug-likeness (QED) is 0.349. The third kappa shape index (κ3) is 5.48. The SMILES string of the molecule is O=C1NC(=Nc2ccc(I)cc2)S/C1=C/c1ccc(OCc2ccccc2)cc1. The normalized spacial score (nSPS) is 16.2. The van der Waals surface area contributed by atoms with Crippen LogP contribution in [-0.2, 0) is 11.4 Å². The van der Waals surface area contributed by atoms with Crippen LogP contribution >= 0.6 is 34.4 Å². The summed E-state index contributed by atoms with van der Waals surface area (Å²) in [5.41, 5.74) is 2.87. The van der Waals surface area contributed by atoms with Crippen molar-refractivity contribution in [2.75, 3.05) is 0 Å². The molecule has 4 rings (SSSR count). The number of ether oxygens (including phenoxy) is 1. The van der Waals surface area contributed by atoms with Crippen molar-refractivity contribution in [2.24, 2.45) is 4.99 Å². The number of thioether (sulfide) groups is 1. The van der Waals surface area contributed by atoms with Gasteiger partial charge in [0.25, 0.3) is 5.91 Å². The molecule has 1 fully saturated rings. The average Bonchev–Trinajstić information content (AvgIpc) is 3.08. The molecule has 0 aromatic heterocycles. The lowest BCUT2D eigenvalue weighted by Gasteiger charge is -2.06. The number of benzene rings is 3. The smallest absolute Gasteiger partial charge is 0.264 e. The third-order valence-corrected chi connectivity index (χ3v) is 5.76. The van der Waals surface area contributed by atoms with Gasteiger partial charge in [0.2, 0.25) is 0 Å². The van der Waals surface area contributed by atoms with Crippen molar-refractivity contribution in [1.82, 2.24) is 5.32 Å². The van der Waals surface area contributed by atoms with E-state index >= 15 is 0 Å². The monoisotopic (exact) mass is 512 g/mol. The second kappa shape index (κ2) is 9.28. The van der Waals surface area contributed by atoms with Crippen molar-refractivity contribution in [2.45, 2.75) is 6.61 Å². The predicted octanol–water partition coefficient (Wildman–Crippen LogP) is 5.76. The molecule has 1 heterocycles. The van der Waals surface area contributed by atoms with Gasteiger partial charge in [0.05, 0.1) is 10.6 Å². The van der Waals surface area contributed by atoms with Gasteiger partial charge in [-0.05, 0) is 88.0 Å². The number of hydrogen-bond donors (Lipinski definition) is 1. The second-order valence-corrected chi connectivity index (χ2v) is 8.58. The van der Waals surface area contributed by atoms with Crippen LogP contribution in [-0.4, -0.2) is 11.1 Å². The van der Waals surface area contributed by atoms with E-state index in [1.807, 2.05) is 84.9 Å². The molecule has 1 N–H and O–H groups in total. The Kier molecular flexibility index (Phi) is 6.31. The maximum atomic E-state index is 12.3. The molecule has 0 saturated carbocycles. The molecular weight excluding hydrogens is 495 g/mol. The van der Waals surface area contributed by atoms with E-state index in [1.54, 1.807) is 0 Å². The molecule has 6 heteroatoms. The Bertz CT molecular complexity index is 1060. The topological polar surface area (TPSA) is 50.7 Å². The number of amides is 1. The van der Waals surface area contributed by atoms with Gasteiger partial charge in [0, 0.05) is 3.57 Å².